The molecule has 20 heavy (non-hydrogen) atoms. The molecule has 0 saturated carbocycles. The van der Waals surface area contributed by atoms with E-state index in [2.05, 4.69) is 21.0 Å². The van der Waals surface area contributed by atoms with Gasteiger partial charge in [0.15, 0.2) is 0 Å². The number of hydrogen-bond donors (Lipinski definition) is 1. The van der Waals surface area contributed by atoms with E-state index < -0.39 is 5.97 Å². The summed E-state index contributed by atoms with van der Waals surface area (Å²) in [5.41, 5.74) is 2.00. The third-order valence-corrected chi connectivity index (χ3v) is 3.45. The molecule has 0 fully saturated rings. The van der Waals surface area contributed by atoms with Crippen LogP contribution in [-0.4, -0.2) is 27.5 Å². The minimum Gasteiger partial charge on any atom is -0.492 e. The number of aromatic nitrogens is 2. The Hall–Kier alpha value is -1.82. The molecule has 1 aromatic heterocycles. The van der Waals surface area contributed by atoms with Gasteiger partial charge < -0.3 is 9.84 Å². The molecule has 0 atom stereocenters. The monoisotopic (exact) mass is 338 g/mol. The second-order valence-corrected chi connectivity index (χ2v) is 5.36. The summed E-state index contributed by atoms with van der Waals surface area (Å²) in [5.74, 6) is -0.576. The molecule has 1 heterocycles. The molecule has 0 amide bonds. The molecule has 6 heteroatoms. The van der Waals surface area contributed by atoms with Crippen molar-refractivity contribution in [2.24, 2.45) is 7.05 Å². The van der Waals surface area contributed by atoms with Crippen LogP contribution in [0.1, 0.15) is 21.6 Å². The van der Waals surface area contributed by atoms with Crippen LogP contribution in [0.3, 0.4) is 0 Å². The van der Waals surface area contributed by atoms with E-state index in [0.717, 1.165) is 15.7 Å². The zero-order valence-electron chi connectivity index (χ0n) is 11.3. The van der Waals surface area contributed by atoms with Gasteiger partial charge in [-0.05, 0) is 30.7 Å². The second-order valence-electron chi connectivity index (χ2n) is 4.45. The van der Waals surface area contributed by atoms with Crippen molar-refractivity contribution in [1.29, 1.82) is 0 Å². The molecule has 2 rings (SSSR count). The van der Waals surface area contributed by atoms with Gasteiger partial charge in [-0.1, -0.05) is 15.9 Å². The molecular weight excluding hydrogens is 324 g/mol. The van der Waals surface area contributed by atoms with E-state index in [9.17, 15) is 9.90 Å². The Balaban J connectivity index is 2.13. The van der Waals surface area contributed by atoms with Gasteiger partial charge in [0, 0.05) is 29.8 Å². The Morgan fingerprint density at radius 2 is 2.25 bits per heavy atom. The molecule has 0 saturated heterocycles. The van der Waals surface area contributed by atoms with Gasteiger partial charge in [0.1, 0.15) is 11.3 Å². The predicted molar refractivity (Wildman–Crippen MR) is 78.2 cm³/mol. The van der Waals surface area contributed by atoms with Crippen molar-refractivity contribution in [1.82, 2.24) is 9.78 Å². The van der Waals surface area contributed by atoms with Crippen LogP contribution in [0.15, 0.2) is 28.9 Å². The molecule has 0 unspecified atom stereocenters. The van der Waals surface area contributed by atoms with Gasteiger partial charge in [-0.3, -0.25) is 4.68 Å². The smallest absolute Gasteiger partial charge is 0.339 e. The first-order valence-corrected chi connectivity index (χ1v) is 6.91. The van der Waals surface area contributed by atoms with Crippen molar-refractivity contribution >= 4 is 21.9 Å². The number of carbonyl (C=O) groups is 1. The molecule has 1 aromatic carbocycles. The van der Waals surface area contributed by atoms with Gasteiger partial charge in [-0.25, -0.2) is 4.79 Å². The molecule has 0 aliphatic rings. The average molecular weight is 339 g/mol. The van der Waals surface area contributed by atoms with Crippen LogP contribution in [0, 0.1) is 6.92 Å². The summed E-state index contributed by atoms with van der Waals surface area (Å²) in [4.78, 5) is 11.3. The summed E-state index contributed by atoms with van der Waals surface area (Å²) in [6, 6.07) is 5.30. The molecule has 0 aliphatic heterocycles. The fourth-order valence-corrected chi connectivity index (χ4v) is 2.56. The topological polar surface area (TPSA) is 64.3 Å². The van der Waals surface area contributed by atoms with Crippen LogP contribution < -0.4 is 4.74 Å². The van der Waals surface area contributed by atoms with E-state index in [1.54, 1.807) is 16.9 Å². The zero-order valence-corrected chi connectivity index (χ0v) is 12.8. The molecule has 106 valence electrons. The number of rotatable bonds is 5. The molecule has 0 bridgehead atoms. The number of carboxylic acid groups (broad SMARTS) is 1. The van der Waals surface area contributed by atoms with E-state index in [4.69, 9.17) is 4.74 Å². The average Bonchev–Trinajstić information content (AvgIpc) is 2.77. The maximum atomic E-state index is 11.3. The fourth-order valence-electron chi connectivity index (χ4n) is 1.98. The summed E-state index contributed by atoms with van der Waals surface area (Å²) in [7, 11) is 1.86. The summed E-state index contributed by atoms with van der Waals surface area (Å²) >= 11 is 3.29. The molecule has 1 N–H and O–H groups in total. The second kappa shape index (κ2) is 6.09. The van der Waals surface area contributed by atoms with Crippen LogP contribution >= 0.6 is 15.9 Å². The van der Waals surface area contributed by atoms with Gasteiger partial charge in [0.25, 0.3) is 0 Å². The number of carboxylic acids is 1. The molecule has 0 aliphatic carbocycles. The first-order chi connectivity index (χ1) is 9.49. The van der Waals surface area contributed by atoms with Crippen LogP contribution in [0.2, 0.25) is 0 Å². The summed E-state index contributed by atoms with van der Waals surface area (Å²) in [6.45, 7) is 2.24. The third-order valence-electron chi connectivity index (χ3n) is 3.00. The first-order valence-electron chi connectivity index (χ1n) is 6.12. The van der Waals surface area contributed by atoms with Crippen molar-refractivity contribution in [3.05, 3.63) is 45.7 Å². The summed E-state index contributed by atoms with van der Waals surface area (Å²) < 4.78 is 8.17. The Morgan fingerprint density at radius 3 is 2.85 bits per heavy atom. The first kappa shape index (κ1) is 14.6. The van der Waals surface area contributed by atoms with Crippen LogP contribution in [0.25, 0.3) is 0 Å². The maximum Gasteiger partial charge on any atom is 0.339 e. The predicted octanol–water partition coefficient (Wildman–Crippen LogP) is 2.81. The Kier molecular flexibility index (Phi) is 4.44. The van der Waals surface area contributed by atoms with Crippen LogP contribution in [0.4, 0.5) is 0 Å². The molecule has 2 aromatic rings. The van der Waals surface area contributed by atoms with Crippen molar-refractivity contribution < 1.29 is 14.6 Å². The number of halogens is 1. The lowest BCUT2D eigenvalue weighted by Gasteiger charge is -2.12. The minimum atomic E-state index is -0.995. The van der Waals surface area contributed by atoms with Crippen LogP contribution in [0.5, 0.6) is 5.75 Å². The zero-order chi connectivity index (χ0) is 14.7. The lowest BCUT2D eigenvalue weighted by Crippen LogP contribution is -2.10. The van der Waals surface area contributed by atoms with Crippen molar-refractivity contribution in [2.75, 3.05) is 6.61 Å². The SMILES string of the molecule is Cc1cc(Br)cc(C(=O)O)c1OCCc1ccnn1C. The summed E-state index contributed by atoms with van der Waals surface area (Å²) in [6.07, 6.45) is 2.40. The van der Waals surface area contributed by atoms with Gasteiger partial charge in [-0.15, -0.1) is 0 Å². The fraction of sp³-hybridized carbons (Fsp3) is 0.286. The molecular formula is C14H15BrN2O3. The van der Waals surface area contributed by atoms with Gasteiger partial charge >= 0.3 is 5.97 Å². The third kappa shape index (κ3) is 3.19. The normalized spacial score (nSPS) is 10.6. The van der Waals surface area contributed by atoms with E-state index in [1.807, 2.05) is 26.1 Å². The Bertz CT molecular complexity index is 637. The molecule has 5 nitrogen and oxygen atoms in total. The minimum absolute atomic E-state index is 0.168. The number of aromatic carboxylic acids is 1. The largest absolute Gasteiger partial charge is 0.492 e. The molecule has 0 spiro atoms. The van der Waals surface area contributed by atoms with Gasteiger partial charge in [-0.2, -0.15) is 5.10 Å². The highest BCUT2D eigenvalue weighted by Crippen LogP contribution is 2.28. The lowest BCUT2D eigenvalue weighted by molar-refractivity contribution is 0.0692. The van der Waals surface area contributed by atoms with E-state index in [1.165, 1.54) is 0 Å². The number of nitrogens with zero attached hydrogens (tertiary/aromatic N) is 2. The van der Waals surface area contributed by atoms with E-state index >= 15 is 0 Å². The Morgan fingerprint density at radius 1 is 1.50 bits per heavy atom. The lowest BCUT2D eigenvalue weighted by atomic mass is 10.1. The highest BCUT2D eigenvalue weighted by atomic mass is 79.9. The molecule has 0 radical (unpaired) electrons. The number of hydrogen-bond acceptors (Lipinski definition) is 3. The highest BCUT2D eigenvalue weighted by molar-refractivity contribution is 9.10. The summed E-state index contributed by atoms with van der Waals surface area (Å²) in [5, 5.41) is 13.3. The van der Waals surface area contributed by atoms with E-state index in [0.29, 0.717) is 18.8 Å². The van der Waals surface area contributed by atoms with Crippen molar-refractivity contribution in [3.63, 3.8) is 0 Å². The highest BCUT2D eigenvalue weighted by Gasteiger charge is 2.15. The van der Waals surface area contributed by atoms with Crippen LogP contribution in [-0.2, 0) is 13.5 Å². The van der Waals surface area contributed by atoms with Gasteiger partial charge in [0.2, 0.25) is 0 Å². The van der Waals surface area contributed by atoms with Crippen molar-refractivity contribution in [2.45, 2.75) is 13.3 Å². The quantitative estimate of drug-likeness (QED) is 0.910. The van der Waals surface area contributed by atoms with Crippen molar-refractivity contribution in [3.8, 4) is 5.75 Å². The Labute approximate surface area is 125 Å². The number of ether oxygens (including phenoxy) is 1. The number of aryl methyl sites for hydroxylation is 2. The maximum absolute atomic E-state index is 11.3. The van der Waals surface area contributed by atoms with E-state index in [-0.39, 0.29) is 5.56 Å². The number of benzene rings is 1. The van der Waals surface area contributed by atoms with Gasteiger partial charge in [0.05, 0.1) is 6.61 Å². The standard InChI is InChI=1S/C14H15BrN2O3/c1-9-7-10(15)8-12(14(18)19)13(9)20-6-4-11-3-5-16-17(11)2/h3,5,7-8H,4,6H2,1-2H3,(H,18,19).